The summed E-state index contributed by atoms with van der Waals surface area (Å²) in [6.07, 6.45) is 1.01. The van der Waals surface area contributed by atoms with Crippen LogP contribution in [-0.2, 0) is 4.79 Å². The third-order valence-electron chi connectivity index (χ3n) is 3.94. The Hall–Kier alpha value is -1.95. The maximum absolute atomic E-state index is 12.0. The zero-order valence-corrected chi connectivity index (χ0v) is 16.9. The van der Waals surface area contributed by atoms with Crippen LogP contribution in [0.25, 0.3) is 0 Å². The average Bonchev–Trinajstić information content (AvgIpc) is 3.00. The van der Waals surface area contributed by atoms with Crippen molar-refractivity contribution in [1.82, 2.24) is 16.0 Å². The number of rotatable bonds is 5. The number of hydrogen-bond acceptors (Lipinski definition) is 3. The highest BCUT2D eigenvalue weighted by molar-refractivity contribution is 6.30. The highest BCUT2D eigenvalue weighted by atomic mass is 35.5. The number of nitrogens with zero attached hydrogens (tertiary/aromatic N) is 2. The fourth-order valence-electron chi connectivity index (χ4n) is 2.91. The largest absolute Gasteiger partial charge is 0.369 e. The van der Waals surface area contributed by atoms with E-state index in [1.54, 1.807) is 0 Å². The van der Waals surface area contributed by atoms with Gasteiger partial charge in [-0.25, -0.2) is 4.99 Å². The van der Waals surface area contributed by atoms with Gasteiger partial charge in [-0.05, 0) is 52.3 Å². The average molecular weight is 380 g/mol. The molecule has 0 bridgehead atoms. The van der Waals surface area contributed by atoms with Gasteiger partial charge in [0, 0.05) is 41.9 Å². The molecule has 144 valence electrons. The van der Waals surface area contributed by atoms with Crippen LogP contribution in [0.2, 0.25) is 5.02 Å². The van der Waals surface area contributed by atoms with Crippen molar-refractivity contribution in [2.45, 2.75) is 45.7 Å². The van der Waals surface area contributed by atoms with Gasteiger partial charge in [0.25, 0.3) is 0 Å². The third-order valence-corrected chi connectivity index (χ3v) is 4.18. The monoisotopic (exact) mass is 379 g/mol. The predicted octanol–water partition coefficient (Wildman–Crippen LogP) is 2.39. The van der Waals surface area contributed by atoms with Crippen molar-refractivity contribution in [3.8, 4) is 0 Å². The summed E-state index contributed by atoms with van der Waals surface area (Å²) >= 11 is 6.09. The van der Waals surface area contributed by atoms with Gasteiger partial charge in [-0.15, -0.1) is 0 Å². The maximum Gasteiger partial charge on any atom is 0.242 e. The fourth-order valence-corrected chi connectivity index (χ4v) is 3.09. The molecular formula is C19H30ClN5O. The third kappa shape index (κ3) is 6.75. The Morgan fingerprint density at radius 3 is 2.81 bits per heavy atom. The van der Waals surface area contributed by atoms with Crippen LogP contribution < -0.4 is 20.9 Å². The van der Waals surface area contributed by atoms with E-state index in [2.05, 4.69) is 31.9 Å². The molecule has 1 aliphatic rings. The summed E-state index contributed by atoms with van der Waals surface area (Å²) in [6, 6.07) is 8.19. The van der Waals surface area contributed by atoms with E-state index in [0.717, 1.165) is 36.8 Å². The molecule has 7 heteroatoms. The molecule has 0 saturated carbocycles. The Kier molecular flexibility index (Phi) is 7.14. The highest BCUT2D eigenvalue weighted by Gasteiger charge is 2.23. The summed E-state index contributed by atoms with van der Waals surface area (Å²) in [4.78, 5) is 18.7. The minimum absolute atomic E-state index is 0.0818. The second kappa shape index (κ2) is 9.12. The molecule has 1 heterocycles. The van der Waals surface area contributed by atoms with Gasteiger partial charge in [0.2, 0.25) is 5.91 Å². The molecule has 1 aromatic carbocycles. The van der Waals surface area contributed by atoms with E-state index in [1.807, 2.05) is 45.9 Å². The molecule has 1 atom stereocenters. The van der Waals surface area contributed by atoms with Gasteiger partial charge in [-0.2, -0.15) is 0 Å². The van der Waals surface area contributed by atoms with E-state index in [0.29, 0.717) is 5.96 Å². The molecule has 1 amide bonds. The van der Waals surface area contributed by atoms with Crippen molar-refractivity contribution in [2.75, 3.05) is 31.1 Å². The van der Waals surface area contributed by atoms with Crippen LogP contribution in [0.15, 0.2) is 29.3 Å². The number of guanidine groups is 1. The van der Waals surface area contributed by atoms with Crippen molar-refractivity contribution >= 4 is 29.2 Å². The Labute approximate surface area is 161 Å². The minimum atomic E-state index is -0.249. The lowest BCUT2D eigenvalue weighted by molar-refractivity contribution is -0.121. The van der Waals surface area contributed by atoms with Crippen LogP contribution in [0, 0.1) is 0 Å². The molecule has 1 unspecified atom stereocenters. The van der Waals surface area contributed by atoms with E-state index < -0.39 is 0 Å². The molecule has 2 rings (SSSR count). The van der Waals surface area contributed by atoms with Gasteiger partial charge in [-0.3, -0.25) is 4.79 Å². The molecule has 1 saturated heterocycles. The normalized spacial score (nSPS) is 18.0. The molecular weight excluding hydrogens is 350 g/mol. The SMILES string of the molecule is CCNC(=NCC(=O)NC(C)(C)C)NC1CCN(c2cccc(Cl)c2)C1. The molecule has 3 N–H and O–H groups in total. The highest BCUT2D eigenvalue weighted by Crippen LogP contribution is 2.23. The van der Waals surface area contributed by atoms with Crippen LogP contribution in [0.1, 0.15) is 34.1 Å². The van der Waals surface area contributed by atoms with Gasteiger partial charge >= 0.3 is 0 Å². The summed E-state index contributed by atoms with van der Waals surface area (Å²) in [5, 5.41) is 10.3. The van der Waals surface area contributed by atoms with E-state index in [9.17, 15) is 4.79 Å². The van der Waals surface area contributed by atoms with Crippen LogP contribution in [0.4, 0.5) is 5.69 Å². The summed E-state index contributed by atoms with van der Waals surface area (Å²) in [5.74, 6) is 0.594. The Bertz CT molecular complexity index is 641. The number of anilines is 1. The molecule has 0 radical (unpaired) electrons. The molecule has 1 aromatic rings. The van der Waals surface area contributed by atoms with Crippen molar-refractivity contribution in [3.63, 3.8) is 0 Å². The van der Waals surface area contributed by atoms with Crippen LogP contribution in [-0.4, -0.2) is 49.6 Å². The molecule has 6 nitrogen and oxygen atoms in total. The molecule has 26 heavy (non-hydrogen) atoms. The van der Waals surface area contributed by atoms with Crippen molar-refractivity contribution in [2.24, 2.45) is 4.99 Å². The van der Waals surface area contributed by atoms with Crippen LogP contribution in [0.3, 0.4) is 0 Å². The lowest BCUT2D eigenvalue weighted by atomic mass is 10.1. The molecule has 0 aliphatic carbocycles. The summed E-state index contributed by atoms with van der Waals surface area (Å²) in [5.41, 5.74) is 0.884. The Morgan fingerprint density at radius 2 is 2.15 bits per heavy atom. The van der Waals surface area contributed by atoms with Crippen LogP contribution in [0.5, 0.6) is 0 Å². The second-order valence-electron chi connectivity index (χ2n) is 7.55. The lowest BCUT2D eigenvalue weighted by Crippen LogP contribution is -2.46. The topological polar surface area (TPSA) is 68.8 Å². The zero-order chi connectivity index (χ0) is 19.2. The van der Waals surface area contributed by atoms with Gasteiger partial charge < -0.3 is 20.9 Å². The summed E-state index contributed by atoms with van der Waals surface area (Å²) in [6.45, 7) is 10.6. The van der Waals surface area contributed by atoms with Crippen LogP contribution >= 0.6 is 11.6 Å². The van der Waals surface area contributed by atoms with Gasteiger partial charge in [0.05, 0.1) is 0 Å². The number of benzene rings is 1. The Morgan fingerprint density at radius 1 is 1.38 bits per heavy atom. The maximum atomic E-state index is 12.0. The first-order valence-electron chi connectivity index (χ1n) is 9.13. The first-order chi connectivity index (χ1) is 12.3. The fraction of sp³-hybridized carbons (Fsp3) is 0.579. The Balaban J connectivity index is 1.91. The number of hydrogen-bond donors (Lipinski definition) is 3. The lowest BCUT2D eigenvalue weighted by Gasteiger charge is -2.21. The minimum Gasteiger partial charge on any atom is -0.369 e. The quantitative estimate of drug-likeness (QED) is 0.542. The van der Waals surface area contributed by atoms with Crippen molar-refractivity contribution in [3.05, 3.63) is 29.3 Å². The van der Waals surface area contributed by atoms with E-state index in [4.69, 9.17) is 11.6 Å². The first-order valence-corrected chi connectivity index (χ1v) is 9.51. The summed E-state index contributed by atoms with van der Waals surface area (Å²) < 4.78 is 0. The zero-order valence-electron chi connectivity index (χ0n) is 16.1. The smallest absolute Gasteiger partial charge is 0.242 e. The molecule has 1 fully saturated rings. The molecule has 0 aromatic heterocycles. The molecule has 0 spiro atoms. The first kappa shape index (κ1) is 20.4. The van der Waals surface area contributed by atoms with Gasteiger partial charge in [0.1, 0.15) is 6.54 Å². The van der Waals surface area contributed by atoms with Crippen molar-refractivity contribution in [1.29, 1.82) is 0 Å². The van der Waals surface area contributed by atoms with E-state index in [1.165, 1.54) is 0 Å². The standard InChI is InChI=1S/C19H30ClN5O/c1-5-21-18(22-12-17(26)24-19(2,3)4)23-15-9-10-25(13-15)16-8-6-7-14(20)11-16/h6-8,11,15H,5,9-10,12-13H2,1-4H3,(H,24,26)(H2,21,22,23). The molecule has 1 aliphatic heterocycles. The number of aliphatic imine (C=N–C) groups is 1. The summed E-state index contributed by atoms with van der Waals surface area (Å²) in [7, 11) is 0. The number of carbonyl (C=O) groups is 1. The number of nitrogens with one attached hydrogen (secondary N) is 3. The van der Waals surface area contributed by atoms with E-state index >= 15 is 0 Å². The van der Waals surface area contributed by atoms with Crippen molar-refractivity contribution < 1.29 is 4.79 Å². The number of halogens is 1. The van der Waals surface area contributed by atoms with Gasteiger partial charge in [-0.1, -0.05) is 17.7 Å². The second-order valence-corrected chi connectivity index (χ2v) is 7.99. The van der Waals surface area contributed by atoms with E-state index in [-0.39, 0.29) is 24.0 Å². The predicted molar refractivity (Wildman–Crippen MR) is 109 cm³/mol. The number of carbonyl (C=O) groups excluding carboxylic acids is 1. The number of amides is 1. The van der Waals surface area contributed by atoms with Gasteiger partial charge in [0.15, 0.2) is 5.96 Å².